The Morgan fingerprint density at radius 1 is 1.15 bits per heavy atom. The van der Waals surface area contributed by atoms with Gasteiger partial charge in [0.1, 0.15) is 6.10 Å². The zero-order chi connectivity index (χ0) is 14.4. The summed E-state index contributed by atoms with van der Waals surface area (Å²) in [6, 6.07) is 5.68. The molecule has 2 rings (SSSR count). The summed E-state index contributed by atoms with van der Waals surface area (Å²) in [6.45, 7) is 3.73. The minimum atomic E-state index is 0.203. The summed E-state index contributed by atoms with van der Waals surface area (Å²) in [4.78, 5) is 2.37. The number of nitrogens with zero attached hydrogens (tertiary/aromatic N) is 1. The summed E-state index contributed by atoms with van der Waals surface area (Å²) >= 11 is 0. The monoisotopic (exact) mass is 280 g/mol. The van der Waals surface area contributed by atoms with Crippen molar-refractivity contribution < 1.29 is 14.2 Å². The number of hydrogen-bond donors (Lipinski definition) is 1. The van der Waals surface area contributed by atoms with Gasteiger partial charge >= 0.3 is 0 Å². The predicted molar refractivity (Wildman–Crippen MR) is 78.7 cm³/mol. The van der Waals surface area contributed by atoms with Gasteiger partial charge in [-0.05, 0) is 25.0 Å². The fourth-order valence-electron chi connectivity index (χ4n) is 2.53. The van der Waals surface area contributed by atoms with Gasteiger partial charge in [0.15, 0.2) is 11.5 Å². The van der Waals surface area contributed by atoms with Crippen molar-refractivity contribution in [3.63, 3.8) is 0 Å². The van der Waals surface area contributed by atoms with E-state index in [9.17, 15) is 0 Å². The Hall–Kier alpha value is -1.46. The van der Waals surface area contributed by atoms with E-state index in [1.54, 1.807) is 14.2 Å². The average molecular weight is 280 g/mol. The van der Waals surface area contributed by atoms with Crippen LogP contribution in [0, 0.1) is 0 Å². The molecule has 1 fully saturated rings. The summed E-state index contributed by atoms with van der Waals surface area (Å²) in [5.41, 5.74) is 5.59. The SMILES string of the molecule is COc1cccc(OC)c1OC1CCN(CCN)CC1. The van der Waals surface area contributed by atoms with Crippen LogP contribution in [0.25, 0.3) is 0 Å². The van der Waals surface area contributed by atoms with Crippen LogP contribution in [0.4, 0.5) is 0 Å². The van der Waals surface area contributed by atoms with Crippen molar-refractivity contribution in [3.8, 4) is 17.2 Å². The Labute approximate surface area is 120 Å². The van der Waals surface area contributed by atoms with E-state index in [1.807, 2.05) is 18.2 Å². The molecule has 2 N–H and O–H groups in total. The fraction of sp³-hybridized carbons (Fsp3) is 0.600. The first kappa shape index (κ1) is 14.9. The molecular formula is C15H24N2O3. The van der Waals surface area contributed by atoms with Gasteiger partial charge in [0.25, 0.3) is 0 Å². The summed E-state index contributed by atoms with van der Waals surface area (Å²) in [5.74, 6) is 2.14. The van der Waals surface area contributed by atoms with Crippen LogP contribution in [0.3, 0.4) is 0 Å². The van der Waals surface area contributed by atoms with Gasteiger partial charge in [-0.15, -0.1) is 0 Å². The van der Waals surface area contributed by atoms with Crippen molar-refractivity contribution in [3.05, 3.63) is 18.2 Å². The smallest absolute Gasteiger partial charge is 0.203 e. The van der Waals surface area contributed by atoms with Crippen LogP contribution in [0.15, 0.2) is 18.2 Å². The number of hydrogen-bond acceptors (Lipinski definition) is 5. The van der Waals surface area contributed by atoms with Crippen LogP contribution in [0.2, 0.25) is 0 Å². The predicted octanol–water partition coefficient (Wildman–Crippen LogP) is 1.51. The third-order valence-corrected chi connectivity index (χ3v) is 3.65. The number of rotatable bonds is 6. The lowest BCUT2D eigenvalue weighted by molar-refractivity contribution is 0.0968. The van der Waals surface area contributed by atoms with Gasteiger partial charge in [-0.1, -0.05) is 6.07 Å². The van der Waals surface area contributed by atoms with Gasteiger partial charge < -0.3 is 24.8 Å². The molecule has 0 spiro atoms. The zero-order valence-electron chi connectivity index (χ0n) is 12.3. The maximum Gasteiger partial charge on any atom is 0.203 e. The lowest BCUT2D eigenvalue weighted by atomic mass is 10.1. The van der Waals surface area contributed by atoms with Crippen molar-refractivity contribution in [1.82, 2.24) is 4.90 Å². The van der Waals surface area contributed by atoms with Crippen LogP contribution >= 0.6 is 0 Å². The van der Waals surface area contributed by atoms with Crippen LogP contribution < -0.4 is 19.9 Å². The van der Waals surface area contributed by atoms with Gasteiger partial charge in [-0.3, -0.25) is 0 Å². The zero-order valence-corrected chi connectivity index (χ0v) is 12.3. The third kappa shape index (κ3) is 3.55. The van der Waals surface area contributed by atoms with E-state index in [2.05, 4.69) is 4.90 Å². The minimum Gasteiger partial charge on any atom is -0.493 e. The second-order valence-corrected chi connectivity index (χ2v) is 4.94. The first-order chi connectivity index (χ1) is 9.78. The van der Waals surface area contributed by atoms with Crippen LogP contribution in [-0.2, 0) is 0 Å². The van der Waals surface area contributed by atoms with E-state index >= 15 is 0 Å². The topological polar surface area (TPSA) is 57.0 Å². The molecule has 0 unspecified atom stereocenters. The number of piperidine rings is 1. The molecule has 1 aromatic carbocycles. The molecular weight excluding hydrogens is 256 g/mol. The van der Waals surface area contributed by atoms with Crippen molar-refractivity contribution in [2.45, 2.75) is 18.9 Å². The minimum absolute atomic E-state index is 0.203. The Morgan fingerprint density at radius 2 is 1.75 bits per heavy atom. The summed E-state index contributed by atoms with van der Waals surface area (Å²) in [7, 11) is 3.29. The lowest BCUT2D eigenvalue weighted by Gasteiger charge is -2.32. The van der Waals surface area contributed by atoms with Gasteiger partial charge in [0.05, 0.1) is 14.2 Å². The molecule has 1 saturated heterocycles. The Balaban J connectivity index is 2.00. The molecule has 0 saturated carbocycles. The summed E-state index contributed by atoms with van der Waals surface area (Å²) in [5, 5.41) is 0. The van der Waals surface area contributed by atoms with Gasteiger partial charge in [-0.25, -0.2) is 0 Å². The molecule has 1 aromatic rings. The molecule has 20 heavy (non-hydrogen) atoms. The van der Waals surface area contributed by atoms with Crippen LogP contribution in [0.5, 0.6) is 17.2 Å². The van der Waals surface area contributed by atoms with E-state index in [1.165, 1.54) is 0 Å². The number of nitrogens with two attached hydrogens (primary N) is 1. The van der Waals surface area contributed by atoms with Crippen LogP contribution in [-0.4, -0.2) is 51.4 Å². The maximum absolute atomic E-state index is 6.12. The van der Waals surface area contributed by atoms with Crippen LogP contribution in [0.1, 0.15) is 12.8 Å². The molecule has 1 aliphatic rings. The third-order valence-electron chi connectivity index (χ3n) is 3.65. The highest BCUT2D eigenvalue weighted by atomic mass is 16.5. The molecule has 1 heterocycles. The molecule has 0 bridgehead atoms. The molecule has 0 aromatic heterocycles. The lowest BCUT2D eigenvalue weighted by Crippen LogP contribution is -2.40. The molecule has 5 nitrogen and oxygen atoms in total. The number of methoxy groups -OCH3 is 2. The Bertz CT molecular complexity index is 395. The van der Waals surface area contributed by atoms with Gasteiger partial charge in [0, 0.05) is 26.2 Å². The molecule has 112 valence electrons. The highest BCUT2D eigenvalue weighted by Crippen LogP contribution is 2.38. The second-order valence-electron chi connectivity index (χ2n) is 4.94. The highest BCUT2D eigenvalue weighted by molar-refractivity contribution is 5.51. The van der Waals surface area contributed by atoms with E-state index in [4.69, 9.17) is 19.9 Å². The standard InChI is InChI=1S/C15H24N2O3/c1-18-13-4-3-5-14(19-2)15(13)20-12-6-9-17(10-7-12)11-8-16/h3-5,12H,6-11,16H2,1-2H3. The second kappa shape index (κ2) is 7.36. The fourth-order valence-corrected chi connectivity index (χ4v) is 2.53. The van der Waals surface area contributed by atoms with Crippen molar-refractivity contribution in [2.24, 2.45) is 5.73 Å². The largest absolute Gasteiger partial charge is 0.493 e. The van der Waals surface area contributed by atoms with E-state index in [-0.39, 0.29) is 6.10 Å². The molecule has 0 aliphatic carbocycles. The number of ether oxygens (including phenoxy) is 3. The van der Waals surface area contributed by atoms with E-state index in [0.717, 1.165) is 32.5 Å². The first-order valence-corrected chi connectivity index (χ1v) is 7.08. The van der Waals surface area contributed by atoms with E-state index in [0.29, 0.717) is 23.8 Å². The Kier molecular flexibility index (Phi) is 5.49. The van der Waals surface area contributed by atoms with Gasteiger partial charge in [0.2, 0.25) is 5.75 Å². The number of likely N-dealkylation sites (tertiary alicyclic amines) is 1. The molecule has 1 aliphatic heterocycles. The normalized spacial score (nSPS) is 16.9. The number of para-hydroxylation sites is 1. The summed E-state index contributed by atoms with van der Waals surface area (Å²) < 4.78 is 16.8. The first-order valence-electron chi connectivity index (χ1n) is 7.08. The molecule has 0 atom stereocenters. The van der Waals surface area contributed by atoms with Gasteiger partial charge in [-0.2, -0.15) is 0 Å². The molecule has 0 amide bonds. The van der Waals surface area contributed by atoms with Crippen molar-refractivity contribution >= 4 is 0 Å². The maximum atomic E-state index is 6.12. The molecule has 5 heteroatoms. The Morgan fingerprint density at radius 3 is 2.25 bits per heavy atom. The average Bonchev–Trinajstić information content (AvgIpc) is 2.49. The van der Waals surface area contributed by atoms with Crippen molar-refractivity contribution in [2.75, 3.05) is 40.4 Å². The highest BCUT2D eigenvalue weighted by Gasteiger charge is 2.22. The number of benzene rings is 1. The molecule has 0 radical (unpaired) electrons. The quantitative estimate of drug-likeness (QED) is 0.856. The van der Waals surface area contributed by atoms with Crippen molar-refractivity contribution in [1.29, 1.82) is 0 Å². The summed E-state index contributed by atoms with van der Waals surface area (Å²) in [6.07, 6.45) is 2.21. The van der Waals surface area contributed by atoms with E-state index < -0.39 is 0 Å².